The fourth-order valence-electron chi connectivity index (χ4n) is 2.91. The quantitative estimate of drug-likeness (QED) is 0.133. The lowest BCUT2D eigenvalue weighted by atomic mass is 10.3. The van der Waals surface area contributed by atoms with Gasteiger partial charge in [0, 0.05) is 9.75 Å². The predicted octanol–water partition coefficient (Wildman–Crippen LogP) is 5.75. The van der Waals surface area contributed by atoms with Crippen LogP contribution < -0.4 is 10.0 Å². The molecule has 0 unspecified atom stereocenters. The summed E-state index contributed by atoms with van der Waals surface area (Å²) in [6.45, 7) is 9.42. The molecular formula is C26H28N4O2S. The minimum atomic E-state index is 0.503. The van der Waals surface area contributed by atoms with Gasteiger partial charge in [-0.15, -0.1) is 11.3 Å². The average Bonchev–Trinajstić information content (AvgIpc) is 3.32. The van der Waals surface area contributed by atoms with E-state index in [1.807, 2.05) is 95.2 Å². The van der Waals surface area contributed by atoms with E-state index < -0.39 is 0 Å². The average molecular weight is 461 g/mol. The number of para-hydroxylation sites is 2. The van der Waals surface area contributed by atoms with Gasteiger partial charge in [-0.3, -0.25) is 10.0 Å². The van der Waals surface area contributed by atoms with Gasteiger partial charge in [-0.1, -0.05) is 49.6 Å². The molecule has 0 radical (unpaired) electrons. The van der Waals surface area contributed by atoms with Crippen LogP contribution in [-0.4, -0.2) is 38.7 Å². The Morgan fingerprint density at radius 1 is 0.667 bits per heavy atom. The topological polar surface area (TPSA) is 49.7 Å². The van der Waals surface area contributed by atoms with Crippen LogP contribution in [0.15, 0.2) is 109 Å². The largest absolute Gasteiger partial charge is 0.500 e. The number of thiophene rings is 1. The molecule has 6 nitrogen and oxygen atoms in total. The van der Waals surface area contributed by atoms with Crippen LogP contribution in [0, 0.1) is 0 Å². The van der Waals surface area contributed by atoms with E-state index in [-0.39, 0.29) is 0 Å². The molecule has 1 aromatic heterocycles. The molecule has 0 amide bonds. The second-order valence-corrected chi connectivity index (χ2v) is 7.87. The maximum Gasteiger partial charge on any atom is 0.107 e. The van der Waals surface area contributed by atoms with E-state index in [1.54, 1.807) is 11.3 Å². The van der Waals surface area contributed by atoms with Crippen molar-refractivity contribution >= 4 is 35.1 Å². The van der Waals surface area contributed by atoms with Crippen molar-refractivity contribution in [3.05, 3.63) is 108 Å². The van der Waals surface area contributed by atoms with Crippen molar-refractivity contribution < 1.29 is 9.47 Å². The van der Waals surface area contributed by atoms with Crippen molar-refractivity contribution in [2.24, 2.45) is 10.2 Å². The molecule has 0 bridgehead atoms. The molecule has 1 heterocycles. The Morgan fingerprint density at radius 2 is 1.09 bits per heavy atom. The van der Waals surface area contributed by atoms with Gasteiger partial charge in [0.2, 0.25) is 0 Å². The Kier molecular flexibility index (Phi) is 9.78. The van der Waals surface area contributed by atoms with Gasteiger partial charge in [0.1, 0.15) is 13.2 Å². The summed E-state index contributed by atoms with van der Waals surface area (Å²) in [6, 6.07) is 24.1. The lowest BCUT2D eigenvalue weighted by molar-refractivity contribution is 0.258. The Hall–Kier alpha value is -3.84. The maximum atomic E-state index is 5.28. The summed E-state index contributed by atoms with van der Waals surface area (Å²) in [5.74, 6) is 0. The van der Waals surface area contributed by atoms with Crippen LogP contribution in [0.3, 0.4) is 0 Å². The number of rotatable bonds is 14. The zero-order valence-corrected chi connectivity index (χ0v) is 19.3. The first kappa shape index (κ1) is 23.8. The number of hydrogen-bond donors (Lipinski definition) is 0. The summed E-state index contributed by atoms with van der Waals surface area (Å²) in [5, 5.41) is 13.2. The van der Waals surface area contributed by atoms with Gasteiger partial charge in [0.05, 0.1) is 49.4 Å². The summed E-state index contributed by atoms with van der Waals surface area (Å²) in [7, 11) is 0. The van der Waals surface area contributed by atoms with Crippen molar-refractivity contribution in [1.82, 2.24) is 0 Å². The summed E-state index contributed by atoms with van der Waals surface area (Å²) >= 11 is 1.62. The van der Waals surface area contributed by atoms with Crippen LogP contribution in [-0.2, 0) is 9.47 Å². The van der Waals surface area contributed by atoms with Crippen molar-refractivity contribution in [3.8, 4) is 0 Å². The van der Waals surface area contributed by atoms with Crippen LogP contribution in [0.1, 0.15) is 9.75 Å². The van der Waals surface area contributed by atoms with Crippen LogP contribution >= 0.6 is 11.3 Å². The van der Waals surface area contributed by atoms with Crippen molar-refractivity contribution in [2.45, 2.75) is 0 Å². The standard InChI is InChI=1S/C26H28N4O2S/c1-3-31-19-17-29(23-11-7-5-8-12-23)27-21-25-15-16-26(33-25)22-28-30(18-20-32-4-2)24-13-9-6-10-14-24/h3-16,21-22H,1-2,17-20H2/b27-21+,28-22+. The van der Waals surface area contributed by atoms with Crippen molar-refractivity contribution in [1.29, 1.82) is 0 Å². The van der Waals surface area contributed by atoms with Crippen molar-refractivity contribution in [2.75, 3.05) is 36.3 Å². The fraction of sp³-hybridized carbons (Fsp3) is 0.154. The number of nitrogens with zero attached hydrogens (tertiary/aromatic N) is 4. The molecule has 7 heteroatoms. The summed E-state index contributed by atoms with van der Waals surface area (Å²) < 4.78 is 10.6. The lowest BCUT2D eigenvalue weighted by Crippen LogP contribution is -2.21. The molecule has 0 saturated heterocycles. The van der Waals surface area contributed by atoms with E-state index in [2.05, 4.69) is 23.4 Å². The van der Waals surface area contributed by atoms with Gasteiger partial charge >= 0.3 is 0 Å². The van der Waals surface area contributed by atoms with Crippen LogP contribution in [0.5, 0.6) is 0 Å². The number of anilines is 2. The molecule has 3 rings (SSSR count). The second-order valence-electron chi connectivity index (χ2n) is 6.72. The third kappa shape index (κ3) is 7.97. The molecule has 33 heavy (non-hydrogen) atoms. The molecule has 0 atom stereocenters. The summed E-state index contributed by atoms with van der Waals surface area (Å²) in [5.41, 5.74) is 2.00. The lowest BCUT2D eigenvalue weighted by Gasteiger charge is -2.18. The predicted molar refractivity (Wildman–Crippen MR) is 139 cm³/mol. The Morgan fingerprint density at radius 3 is 1.48 bits per heavy atom. The molecular weight excluding hydrogens is 432 g/mol. The zero-order chi connectivity index (χ0) is 23.1. The molecule has 0 fully saturated rings. The van der Waals surface area contributed by atoms with E-state index in [9.17, 15) is 0 Å². The SMILES string of the molecule is C=COCCN(/N=C/c1ccc(/C=N/N(CCOC=C)c2ccccc2)s1)c1ccccc1. The summed E-state index contributed by atoms with van der Waals surface area (Å²) in [4.78, 5) is 2.06. The highest BCUT2D eigenvalue weighted by atomic mass is 32.1. The monoisotopic (exact) mass is 460 g/mol. The normalized spacial score (nSPS) is 10.9. The van der Waals surface area contributed by atoms with Crippen LogP contribution in [0.2, 0.25) is 0 Å². The molecule has 170 valence electrons. The van der Waals surface area contributed by atoms with Gasteiger partial charge in [0.15, 0.2) is 0 Å². The maximum absolute atomic E-state index is 5.28. The van der Waals surface area contributed by atoms with Gasteiger partial charge in [-0.25, -0.2) is 0 Å². The first-order chi connectivity index (χ1) is 16.3. The molecule has 0 N–H and O–H groups in total. The molecule has 0 saturated carbocycles. The summed E-state index contributed by atoms with van der Waals surface area (Å²) in [6.07, 6.45) is 6.60. The van der Waals surface area contributed by atoms with E-state index in [1.165, 1.54) is 12.5 Å². The Labute approximate surface area is 199 Å². The van der Waals surface area contributed by atoms with Gasteiger partial charge in [0.25, 0.3) is 0 Å². The van der Waals surface area contributed by atoms with E-state index >= 15 is 0 Å². The third-order valence-corrected chi connectivity index (χ3v) is 5.44. The number of hydrogen-bond acceptors (Lipinski definition) is 7. The van der Waals surface area contributed by atoms with Gasteiger partial charge in [-0.05, 0) is 36.4 Å². The van der Waals surface area contributed by atoms with Gasteiger partial charge in [-0.2, -0.15) is 10.2 Å². The minimum Gasteiger partial charge on any atom is -0.500 e. The van der Waals surface area contributed by atoms with E-state index in [4.69, 9.17) is 9.47 Å². The number of benzene rings is 2. The molecule has 0 spiro atoms. The highest BCUT2D eigenvalue weighted by Crippen LogP contribution is 2.18. The number of hydrazone groups is 2. The Bertz CT molecular complexity index is 953. The first-order valence-electron chi connectivity index (χ1n) is 10.6. The molecule has 0 aliphatic rings. The van der Waals surface area contributed by atoms with E-state index in [0.29, 0.717) is 26.3 Å². The molecule has 0 aliphatic carbocycles. The second kappa shape index (κ2) is 13.5. The zero-order valence-electron chi connectivity index (χ0n) is 18.5. The van der Waals surface area contributed by atoms with E-state index in [0.717, 1.165) is 21.1 Å². The third-order valence-electron chi connectivity index (χ3n) is 4.48. The van der Waals surface area contributed by atoms with Gasteiger partial charge < -0.3 is 9.47 Å². The molecule has 0 aliphatic heterocycles. The first-order valence-corrected chi connectivity index (χ1v) is 11.4. The molecule has 2 aromatic carbocycles. The number of ether oxygens (including phenoxy) is 2. The smallest absolute Gasteiger partial charge is 0.107 e. The highest BCUT2D eigenvalue weighted by molar-refractivity contribution is 7.15. The minimum absolute atomic E-state index is 0.503. The molecule has 3 aromatic rings. The van der Waals surface area contributed by atoms with Crippen LogP contribution in [0.25, 0.3) is 0 Å². The van der Waals surface area contributed by atoms with Crippen LogP contribution in [0.4, 0.5) is 11.4 Å². The van der Waals surface area contributed by atoms with Crippen molar-refractivity contribution in [3.63, 3.8) is 0 Å². The Balaban J connectivity index is 1.68. The highest BCUT2D eigenvalue weighted by Gasteiger charge is 2.06. The fourth-order valence-corrected chi connectivity index (χ4v) is 3.66.